The van der Waals surface area contributed by atoms with Crippen molar-refractivity contribution in [2.75, 3.05) is 18.6 Å². The van der Waals surface area contributed by atoms with E-state index in [9.17, 15) is 17.6 Å². The number of carbonyl (C=O) groups excluding carboxylic acids is 1. The molecule has 3 saturated carbocycles. The first-order chi connectivity index (χ1) is 14.1. The van der Waals surface area contributed by atoms with Gasteiger partial charge >= 0.3 is 0 Å². The van der Waals surface area contributed by atoms with Gasteiger partial charge in [-0.15, -0.1) is 0 Å². The summed E-state index contributed by atoms with van der Waals surface area (Å²) in [7, 11) is -3.55. The van der Waals surface area contributed by atoms with Gasteiger partial charge in [-0.2, -0.15) is 0 Å². The molecule has 4 rings (SSSR count). The number of benzene rings is 1. The van der Waals surface area contributed by atoms with E-state index >= 15 is 0 Å². The molecule has 0 saturated heterocycles. The third-order valence-corrected chi connectivity index (χ3v) is 8.20. The van der Waals surface area contributed by atoms with Crippen LogP contribution < -0.4 is 4.74 Å². The third-order valence-electron chi connectivity index (χ3n) is 7.12. The maximum atomic E-state index is 14.5. The van der Waals surface area contributed by atoms with Crippen molar-refractivity contribution in [2.24, 2.45) is 10.8 Å². The number of fused-ring (bicyclic) bond motifs is 3. The fourth-order valence-corrected chi connectivity index (χ4v) is 5.93. The Morgan fingerprint density at radius 2 is 1.70 bits per heavy atom. The van der Waals surface area contributed by atoms with Crippen LogP contribution in [0.3, 0.4) is 0 Å². The molecule has 7 heteroatoms. The second kappa shape index (κ2) is 9.15. The van der Waals surface area contributed by atoms with Gasteiger partial charge in [0.25, 0.3) is 0 Å². The summed E-state index contributed by atoms with van der Waals surface area (Å²) in [5.41, 5.74) is 0.322. The van der Waals surface area contributed by atoms with Gasteiger partial charge in [-0.3, -0.25) is 4.79 Å². The van der Waals surface area contributed by atoms with Gasteiger partial charge in [0.05, 0.1) is 17.2 Å². The van der Waals surface area contributed by atoms with Crippen LogP contribution in [0.2, 0.25) is 5.02 Å². The second-order valence-corrected chi connectivity index (χ2v) is 12.0. The number of hydrogen-bond acceptors (Lipinski definition) is 4. The van der Waals surface area contributed by atoms with Crippen LogP contribution in [0.15, 0.2) is 12.1 Å². The van der Waals surface area contributed by atoms with Gasteiger partial charge < -0.3 is 4.74 Å². The monoisotopic (exact) mass is 458 g/mol. The molecule has 0 heterocycles. The van der Waals surface area contributed by atoms with E-state index in [0.29, 0.717) is 12.0 Å². The molecule has 168 valence electrons. The van der Waals surface area contributed by atoms with Crippen molar-refractivity contribution in [3.05, 3.63) is 28.5 Å². The number of halogens is 2. The molecule has 0 atom stereocenters. The average molecular weight is 459 g/mol. The van der Waals surface area contributed by atoms with Crippen LogP contribution in [0, 0.1) is 16.6 Å². The number of sulfone groups is 1. The summed E-state index contributed by atoms with van der Waals surface area (Å²) in [4.78, 5) is 12.1. The van der Waals surface area contributed by atoms with E-state index in [1.54, 1.807) is 0 Å². The summed E-state index contributed by atoms with van der Waals surface area (Å²) in [6.07, 6.45) is 13.2. The standard InChI is InChI=1S/C23H32ClFO4S/c1-3-4-5-6-22-7-10-23(11-8-22,12-9-22)16-29-21-14-19(25)17(13-18(21)24)20(26)15-30(2,27)28/h13-14H,3-12,15-16H2,1-2H3. The van der Waals surface area contributed by atoms with Crippen molar-refractivity contribution in [3.8, 4) is 5.75 Å². The molecule has 3 aliphatic carbocycles. The molecule has 1 aromatic carbocycles. The highest BCUT2D eigenvalue weighted by molar-refractivity contribution is 7.91. The quantitative estimate of drug-likeness (QED) is 0.318. The van der Waals surface area contributed by atoms with Crippen LogP contribution in [0.1, 0.15) is 81.5 Å². The lowest BCUT2D eigenvalue weighted by Gasteiger charge is -2.53. The smallest absolute Gasteiger partial charge is 0.180 e. The number of carbonyl (C=O) groups is 1. The predicted octanol–water partition coefficient (Wildman–Crippen LogP) is 6.01. The molecule has 0 amide bonds. The highest BCUT2D eigenvalue weighted by Crippen LogP contribution is 2.58. The zero-order chi connectivity index (χ0) is 22.0. The summed E-state index contributed by atoms with van der Waals surface area (Å²) >= 11 is 6.23. The van der Waals surface area contributed by atoms with Crippen LogP contribution in [-0.2, 0) is 9.84 Å². The van der Waals surface area contributed by atoms with Crippen LogP contribution in [0.25, 0.3) is 0 Å². The molecule has 0 aliphatic heterocycles. The summed E-state index contributed by atoms with van der Waals surface area (Å²) in [5, 5.41) is 0.130. The maximum Gasteiger partial charge on any atom is 0.180 e. The zero-order valence-corrected chi connectivity index (χ0v) is 19.5. The molecular formula is C23H32ClFO4S. The highest BCUT2D eigenvalue weighted by Gasteiger charge is 2.48. The average Bonchev–Trinajstić information content (AvgIpc) is 2.69. The van der Waals surface area contributed by atoms with Gasteiger partial charge in [0.15, 0.2) is 15.6 Å². The Morgan fingerprint density at radius 1 is 1.10 bits per heavy atom. The maximum absolute atomic E-state index is 14.5. The largest absolute Gasteiger partial charge is 0.491 e. The lowest BCUT2D eigenvalue weighted by atomic mass is 9.53. The molecule has 3 aliphatic rings. The lowest BCUT2D eigenvalue weighted by Crippen LogP contribution is -2.44. The molecule has 4 nitrogen and oxygen atoms in total. The van der Waals surface area contributed by atoms with Gasteiger partial charge in [0, 0.05) is 17.7 Å². The Hall–Kier alpha value is -1.14. The van der Waals surface area contributed by atoms with E-state index in [0.717, 1.165) is 31.6 Å². The molecule has 0 N–H and O–H groups in total. The minimum Gasteiger partial charge on any atom is -0.491 e. The summed E-state index contributed by atoms with van der Waals surface area (Å²) in [5.74, 6) is -2.14. The molecular weight excluding hydrogens is 427 g/mol. The van der Waals surface area contributed by atoms with E-state index in [2.05, 4.69) is 6.92 Å². The van der Waals surface area contributed by atoms with Crippen molar-refractivity contribution in [3.63, 3.8) is 0 Å². The van der Waals surface area contributed by atoms with E-state index in [1.165, 1.54) is 51.0 Å². The van der Waals surface area contributed by atoms with E-state index < -0.39 is 27.2 Å². The SMILES string of the molecule is CCCCCC12CCC(COc3cc(F)c(C(=O)CS(C)(=O)=O)cc3Cl)(CC1)CC2. The van der Waals surface area contributed by atoms with Crippen LogP contribution >= 0.6 is 11.6 Å². The number of unbranched alkanes of at least 4 members (excludes halogenated alkanes) is 2. The fraction of sp³-hybridized carbons (Fsp3) is 0.696. The normalized spacial score (nSPS) is 26.0. The Bertz CT molecular complexity index is 872. The van der Waals surface area contributed by atoms with Gasteiger partial charge in [-0.25, -0.2) is 12.8 Å². The zero-order valence-electron chi connectivity index (χ0n) is 17.9. The highest BCUT2D eigenvalue weighted by atomic mass is 35.5. The first-order valence-corrected chi connectivity index (χ1v) is 13.3. The van der Waals surface area contributed by atoms with Crippen LogP contribution in [0.5, 0.6) is 5.75 Å². The molecule has 2 bridgehead atoms. The summed E-state index contributed by atoms with van der Waals surface area (Å²) in [6, 6.07) is 2.28. The minimum atomic E-state index is -3.55. The summed E-state index contributed by atoms with van der Waals surface area (Å²) in [6.45, 7) is 2.73. The molecule has 30 heavy (non-hydrogen) atoms. The lowest BCUT2D eigenvalue weighted by molar-refractivity contribution is -0.0409. The number of rotatable bonds is 10. The summed E-state index contributed by atoms with van der Waals surface area (Å²) < 4.78 is 43.0. The number of ketones is 1. The molecule has 1 aromatic rings. The number of Topliss-reactive ketones (excluding diaryl/α,β-unsaturated/α-hetero) is 1. The Balaban J connectivity index is 1.62. The van der Waals surface area contributed by atoms with Crippen molar-refractivity contribution in [2.45, 2.75) is 71.1 Å². The number of ether oxygens (including phenoxy) is 1. The third kappa shape index (κ3) is 5.56. The van der Waals surface area contributed by atoms with Crippen molar-refractivity contribution < 1.29 is 22.3 Å². The fourth-order valence-electron chi connectivity index (χ4n) is 5.08. The van der Waals surface area contributed by atoms with Gasteiger partial charge in [-0.1, -0.05) is 37.8 Å². The van der Waals surface area contributed by atoms with Gasteiger partial charge in [0.2, 0.25) is 0 Å². The first-order valence-electron chi connectivity index (χ1n) is 10.9. The van der Waals surface area contributed by atoms with Crippen LogP contribution in [0.4, 0.5) is 4.39 Å². The first kappa shape index (κ1) is 23.5. The molecule has 3 fully saturated rings. The van der Waals surface area contributed by atoms with Crippen LogP contribution in [-0.4, -0.2) is 32.8 Å². The Kier molecular flexibility index (Phi) is 7.18. The van der Waals surface area contributed by atoms with Crippen molar-refractivity contribution >= 4 is 27.2 Å². The van der Waals surface area contributed by atoms with Crippen molar-refractivity contribution in [1.82, 2.24) is 0 Å². The topological polar surface area (TPSA) is 60.4 Å². The second-order valence-electron chi connectivity index (χ2n) is 9.50. The van der Waals surface area contributed by atoms with Crippen molar-refractivity contribution in [1.29, 1.82) is 0 Å². The Morgan fingerprint density at radius 3 is 2.27 bits per heavy atom. The number of hydrogen-bond donors (Lipinski definition) is 0. The molecule has 0 aromatic heterocycles. The molecule has 0 unspecified atom stereocenters. The minimum absolute atomic E-state index is 0.122. The molecule has 0 spiro atoms. The Labute approximate surface area is 184 Å². The van der Waals surface area contributed by atoms with E-state index in [1.807, 2.05) is 0 Å². The van der Waals surface area contributed by atoms with Gasteiger partial charge in [-0.05, 0) is 56.4 Å². The molecule has 0 radical (unpaired) electrons. The van der Waals surface area contributed by atoms with E-state index in [-0.39, 0.29) is 21.8 Å². The van der Waals surface area contributed by atoms with E-state index in [4.69, 9.17) is 16.3 Å². The predicted molar refractivity (Wildman–Crippen MR) is 118 cm³/mol. The van der Waals surface area contributed by atoms with Gasteiger partial charge in [0.1, 0.15) is 17.3 Å².